The van der Waals surface area contributed by atoms with Crippen LogP contribution in [-0.4, -0.2) is 35.4 Å². The van der Waals surface area contributed by atoms with E-state index in [0.29, 0.717) is 28.1 Å². The molecular weight excluding hydrogens is 505 g/mol. The number of hydrogen-bond donors (Lipinski definition) is 1. The molecule has 3 aromatic carbocycles. The van der Waals surface area contributed by atoms with Crippen LogP contribution in [0, 0.1) is 15.9 Å². The summed E-state index contributed by atoms with van der Waals surface area (Å²) < 4.78 is 20.8. The molecule has 5 rings (SSSR count). The van der Waals surface area contributed by atoms with E-state index < -0.39 is 23.4 Å². The number of amides is 1. The number of hydrogen-bond acceptors (Lipinski definition) is 5. The number of likely N-dealkylation sites (tertiary alicyclic amines) is 1. The van der Waals surface area contributed by atoms with Gasteiger partial charge >= 0.3 is 0 Å². The van der Waals surface area contributed by atoms with Gasteiger partial charge in [-0.25, -0.2) is 4.39 Å². The second-order valence-electron chi connectivity index (χ2n) is 8.55. The van der Waals surface area contributed by atoms with Crippen LogP contribution < -0.4 is 10.1 Å². The third kappa shape index (κ3) is 3.38. The number of carbonyl (C=O) groups excluding carboxylic acids is 1. The van der Waals surface area contributed by atoms with Crippen LogP contribution in [0.1, 0.15) is 22.6 Å². The van der Waals surface area contributed by atoms with Gasteiger partial charge in [0.25, 0.3) is 11.9 Å². The summed E-state index contributed by atoms with van der Waals surface area (Å²) in [6.07, 6.45) is 0. The Morgan fingerprint density at radius 2 is 1.94 bits per heavy atom. The summed E-state index contributed by atoms with van der Waals surface area (Å²) in [5.41, 5.74) is 0.697. The number of likely N-dealkylation sites (N-methyl/N-ethyl adjacent to an activating group) is 1. The second-order valence-corrected chi connectivity index (χ2v) is 9.46. The summed E-state index contributed by atoms with van der Waals surface area (Å²) in [4.78, 5) is 27.3. The van der Waals surface area contributed by atoms with E-state index in [2.05, 4.69) is 21.2 Å². The lowest BCUT2D eigenvalue weighted by Crippen LogP contribution is -2.54. The van der Waals surface area contributed by atoms with Crippen molar-refractivity contribution in [3.05, 3.63) is 104 Å². The quantitative estimate of drug-likeness (QED) is 0.385. The van der Waals surface area contributed by atoms with Crippen LogP contribution in [0.5, 0.6) is 5.75 Å². The third-order valence-electron chi connectivity index (χ3n) is 6.75. The number of carbonyl (C=O) groups is 1. The van der Waals surface area contributed by atoms with Crippen LogP contribution >= 0.6 is 15.9 Å². The van der Waals surface area contributed by atoms with Gasteiger partial charge in [-0.05, 0) is 37.4 Å². The molecule has 2 aliphatic heterocycles. The molecule has 9 heteroatoms. The van der Waals surface area contributed by atoms with Gasteiger partial charge in [-0.2, -0.15) is 0 Å². The number of fused-ring (bicyclic) bond motifs is 2. The molecule has 0 aliphatic carbocycles. The Morgan fingerprint density at radius 1 is 1.21 bits per heavy atom. The highest BCUT2D eigenvalue weighted by Gasteiger charge is 2.68. The monoisotopic (exact) mass is 525 g/mol. The van der Waals surface area contributed by atoms with Crippen molar-refractivity contribution in [3.8, 4) is 5.75 Å². The van der Waals surface area contributed by atoms with E-state index in [-0.39, 0.29) is 23.9 Å². The first-order valence-electron chi connectivity index (χ1n) is 10.8. The van der Waals surface area contributed by atoms with Crippen LogP contribution in [0.25, 0.3) is 0 Å². The first-order chi connectivity index (χ1) is 16.3. The number of nitro groups is 1. The minimum Gasteiger partial charge on any atom is -0.488 e. The molecule has 0 saturated carbocycles. The molecule has 1 N–H and O–H groups in total. The molecule has 0 unspecified atom stereocenters. The maximum atomic E-state index is 14.1. The van der Waals surface area contributed by atoms with Crippen molar-refractivity contribution in [1.82, 2.24) is 4.90 Å². The molecule has 1 amide bonds. The smallest absolute Gasteiger partial charge is 0.256 e. The number of para-hydroxylation sites is 1. The number of nitrogens with zero attached hydrogens (tertiary/aromatic N) is 2. The van der Waals surface area contributed by atoms with Crippen LogP contribution in [0.15, 0.2) is 71.2 Å². The van der Waals surface area contributed by atoms with Crippen LogP contribution in [-0.2, 0) is 16.9 Å². The van der Waals surface area contributed by atoms with Gasteiger partial charge in [0.2, 0.25) is 0 Å². The first kappa shape index (κ1) is 22.5. The summed E-state index contributed by atoms with van der Waals surface area (Å²) in [7, 11) is 1.73. The minimum atomic E-state index is -1.45. The fraction of sp³-hybridized carbons (Fsp3) is 0.240. The molecule has 2 heterocycles. The number of nitrogens with one attached hydrogen (secondary N) is 1. The SMILES string of the molecule is CN1C[C@H](c2cc(Br)ccc2OCc2ccccc2F)[C@@H]([N+](=O)[O-])[C@]12C(=O)Nc1ccccc12. The van der Waals surface area contributed by atoms with Gasteiger partial charge in [0.15, 0.2) is 5.54 Å². The van der Waals surface area contributed by atoms with E-state index in [1.165, 1.54) is 6.07 Å². The standard InChI is InChI=1S/C25H21BrFN3O4/c1-29-13-18(23(30(32)33)25(29)19-7-3-5-9-21(19)28-24(25)31)17-12-16(26)10-11-22(17)34-14-15-6-2-4-8-20(15)27/h2-12,18,23H,13-14H2,1H3,(H,28,31)/t18-,23-,25-/m1/s1. The highest BCUT2D eigenvalue weighted by Crippen LogP contribution is 2.53. The number of rotatable bonds is 5. The van der Waals surface area contributed by atoms with Gasteiger partial charge in [0.1, 0.15) is 18.2 Å². The van der Waals surface area contributed by atoms with E-state index in [1.807, 2.05) is 0 Å². The molecule has 7 nitrogen and oxygen atoms in total. The van der Waals surface area contributed by atoms with E-state index in [1.54, 1.807) is 72.6 Å². The fourth-order valence-corrected chi connectivity index (χ4v) is 5.65. The fourth-order valence-electron chi connectivity index (χ4n) is 5.27. The second kappa shape index (κ2) is 8.48. The highest BCUT2D eigenvalue weighted by molar-refractivity contribution is 9.10. The van der Waals surface area contributed by atoms with Gasteiger partial charge in [0, 0.05) is 38.3 Å². The highest BCUT2D eigenvalue weighted by atomic mass is 79.9. The Bertz CT molecular complexity index is 1300. The number of anilines is 1. The zero-order valence-corrected chi connectivity index (χ0v) is 19.8. The van der Waals surface area contributed by atoms with Crippen molar-refractivity contribution >= 4 is 27.5 Å². The van der Waals surface area contributed by atoms with Crippen molar-refractivity contribution in [3.63, 3.8) is 0 Å². The molecule has 1 fully saturated rings. The molecule has 2 aliphatic rings. The Morgan fingerprint density at radius 3 is 2.71 bits per heavy atom. The summed E-state index contributed by atoms with van der Waals surface area (Å²) in [5.74, 6) is -1.03. The molecule has 1 spiro atoms. The van der Waals surface area contributed by atoms with E-state index in [4.69, 9.17) is 4.74 Å². The zero-order valence-electron chi connectivity index (χ0n) is 18.2. The number of halogens is 2. The maximum Gasteiger partial charge on any atom is 0.256 e. The lowest BCUT2D eigenvalue weighted by Gasteiger charge is -2.30. The van der Waals surface area contributed by atoms with Crippen molar-refractivity contribution in [2.75, 3.05) is 18.9 Å². The van der Waals surface area contributed by atoms with E-state index in [9.17, 15) is 19.3 Å². The van der Waals surface area contributed by atoms with Crippen LogP contribution in [0.3, 0.4) is 0 Å². The largest absolute Gasteiger partial charge is 0.488 e. The molecule has 34 heavy (non-hydrogen) atoms. The summed E-state index contributed by atoms with van der Waals surface area (Å²) >= 11 is 3.46. The predicted molar refractivity (Wildman–Crippen MR) is 128 cm³/mol. The average molecular weight is 526 g/mol. The zero-order chi connectivity index (χ0) is 24.0. The molecular formula is C25H21BrFN3O4. The van der Waals surface area contributed by atoms with Gasteiger partial charge in [0.05, 0.1) is 5.92 Å². The molecule has 174 valence electrons. The van der Waals surface area contributed by atoms with Crippen LogP contribution in [0.2, 0.25) is 0 Å². The maximum absolute atomic E-state index is 14.1. The Labute approximate surface area is 203 Å². The van der Waals surface area contributed by atoms with Crippen molar-refractivity contribution in [2.24, 2.45) is 0 Å². The number of ether oxygens (including phenoxy) is 1. The molecule has 3 atom stereocenters. The predicted octanol–water partition coefficient (Wildman–Crippen LogP) is 4.69. The van der Waals surface area contributed by atoms with E-state index in [0.717, 1.165) is 4.47 Å². The Kier molecular flexibility index (Phi) is 5.61. The molecule has 0 aromatic heterocycles. The van der Waals surface area contributed by atoms with Crippen molar-refractivity contribution < 1.29 is 18.8 Å². The van der Waals surface area contributed by atoms with Gasteiger partial charge in [-0.3, -0.25) is 19.8 Å². The summed E-state index contributed by atoms with van der Waals surface area (Å²) in [6, 6.07) is 17.4. The van der Waals surface area contributed by atoms with Gasteiger partial charge in [-0.1, -0.05) is 52.3 Å². The topological polar surface area (TPSA) is 84.7 Å². The van der Waals surface area contributed by atoms with Gasteiger partial charge < -0.3 is 10.1 Å². The summed E-state index contributed by atoms with van der Waals surface area (Å²) in [6.45, 7) is 0.237. The molecule has 1 saturated heterocycles. The van der Waals surface area contributed by atoms with E-state index >= 15 is 0 Å². The average Bonchev–Trinajstić information content (AvgIpc) is 3.29. The minimum absolute atomic E-state index is 0.0263. The Hall–Kier alpha value is -3.30. The van der Waals surface area contributed by atoms with Crippen molar-refractivity contribution in [1.29, 1.82) is 0 Å². The first-order valence-corrected chi connectivity index (χ1v) is 11.5. The lowest BCUT2D eigenvalue weighted by molar-refractivity contribution is -0.534. The summed E-state index contributed by atoms with van der Waals surface area (Å²) in [5, 5.41) is 15.4. The molecule has 0 bridgehead atoms. The van der Waals surface area contributed by atoms with Crippen molar-refractivity contribution in [2.45, 2.75) is 24.1 Å². The molecule has 3 aromatic rings. The van der Waals surface area contributed by atoms with Crippen LogP contribution in [0.4, 0.5) is 10.1 Å². The van der Waals surface area contributed by atoms with Gasteiger partial charge in [-0.15, -0.1) is 0 Å². The third-order valence-corrected chi connectivity index (χ3v) is 7.25. The lowest BCUT2D eigenvalue weighted by atomic mass is 9.79. The number of benzene rings is 3. The molecule has 0 radical (unpaired) electrons. The normalized spacial score (nSPS) is 23.7. The Balaban J connectivity index is 1.58.